The van der Waals surface area contributed by atoms with Crippen LogP contribution in [0.25, 0.3) is 0 Å². The average molecular weight is 153 g/mol. The molecule has 1 atom stereocenters. The molecule has 0 unspecified atom stereocenters. The van der Waals surface area contributed by atoms with Crippen LogP contribution >= 0.6 is 0 Å². The zero-order valence-corrected chi connectivity index (χ0v) is 6.14. The molecule has 0 fully saturated rings. The first-order chi connectivity index (χ1) is 5.34. The van der Waals surface area contributed by atoms with Gasteiger partial charge in [-0.1, -0.05) is 0 Å². The summed E-state index contributed by atoms with van der Waals surface area (Å²) in [4.78, 5) is 7.55. The van der Waals surface area contributed by atoms with Gasteiger partial charge < -0.3 is 10.8 Å². The third-order valence-electron chi connectivity index (χ3n) is 1.41. The summed E-state index contributed by atoms with van der Waals surface area (Å²) in [6, 6.07) is 0. The van der Waals surface area contributed by atoms with Crippen LogP contribution in [0.15, 0.2) is 18.7 Å². The van der Waals surface area contributed by atoms with Crippen LogP contribution in [-0.4, -0.2) is 21.6 Å². The Labute approximate surface area is 65.1 Å². The number of hydrogen-bond acceptors (Lipinski definition) is 4. The van der Waals surface area contributed by atoms with Gasteiger partial charge in [-0.05, 0) is 13.0 Å². The number of nitrogens with two attached hydrogens (primary N) is 1. The van der Waals surface area contributed by atoms with Crippen LogP contribution < -0.4 is 5.73 Å². The lowest BCUT2D eigenvalue weighted by Gasteiger charge is -2.06. The van der Waals surface area contributed by atoms with Crippen molar-refractivity contribution in [3.05, 3.63) is 24.3 Å². The van der Waals surface area contributed by atoms with Crippen molar-refractivity contribution in [3.63, 3.8) is 0 Å². The first-order valence-electron chi connectivity index (χ1n) is 3.47. The molecule has 0 radical (unpaired) electrons. The molecule has 0 saturated heterocycles. The highest BCUT2D eigenvalue weighted by Gasteiger charge is 2.04. The number of nitrogens with zero attached hydrogens (tertiary/aromatic N) is 2. The number of rotatable bonds is 3. The van der Waals surface area contributed by atoms with Crippen molar-refractivity contribution in [2.75, 3.05) is 6.54 Å². The zero-order chi connectivity index (χ0) is 8.10. The van der Waals surface area contributed by atoms with E-state index in [1.54, 1.807) is 12.4 Å². The first kappa shape index (κ1) is 8.10. The summed E-state index contributed by atoms with van der Waals surface area (Å²) < 4.78 is 0. The van der Waals surface area contributed by atoms with E-state index in [4.69, 9.17) is 5.73 Å². The van der Waals surface area contributed by atoms with Crippen LogP contribution in [0.4, 0.5) is 0 Å². The number of aliphatic hydroxyl groups is 1. The lowest BCUT2D eigenvalue weighted by atomic mass is 10.1. The molecule has 4 heteroatoms. The van der Waals surface area contributed by atoms with E-state index in [1.165, 1.54) is 6.33 Å². The maximum atomic E-state index is 9.36. The Kier molecular flexibility index (Phi) is 2.95. The van der Waals surface area contributed by atoms with Crippen LogP contribution in [0.2, 0.25) is 0 Å². The molecule has 1 aromatic rings. The Balaban J connectivity index is 2.61. The van der Waals surface area contributed by atoms with E-state index in [2.05, 4.69) is 9.97 Å². The summed E-state index contributed by atoms with van der Waals surface area (Å²) in [5, 5.41) is 9.36. The van der Waals surface area contributed by atoms with Gasteiger partial charge in [0, 0.05) is 18.0 Å². The molecule has 0 amide bonds. The maximum Gasteiger partial charge on any atom is 0.115 e. The fourth-order valence-electron chi connectivity index (χ4n) is 0.807. The topological polar surface area (TPSA) is 72.0 Å². The molecule has 0 spiro atoms. The van der Waals surface area contributed by atoms with Crippen LogP contribution in [0.3, 0.4) is 0 Å². The zero-order valence-electron chi connectivity index (χ0n) is 6.14. The van der Waals surface area contributed by atoms with Crippen molar-refractivity contribution in [1.82, 2.24) is 9.97 Å². The number of hydrogen-bond donors (Lipinski definition) is 2. The minimum absolute atomic E-state index is 0.468. The van der Waals surface area contributed by atoms with Crippen molar-refractivity contribution in [2.24, 2.45) is 5.73 Å². The van der Waals surface area contributed by atoms with Crippen LogP contribution in [0.1, 0.15) is 18.1 Å². The Hall–Kier alpha value is -1.00. The van der Waals surface area contributed by atoms with Gasteiger partial charge in [0.05, 0.1) is 6.10 Å². The predicted octanol–water partition coefficient (Wildman–Crippen LogP) is -0.141. The first-order valence-corrected chi connectivity index (χ1v) is 3.47. The van der Waals surface area contributed by atoms with E-state index in [0.717, 1.165) is 5.56 Å². The summed E-state index contributed by atoms with van der Waals surface area (Å²) >= 11 is 0. The summed E-state index contributed by atoms with van der Waals surface area (Å²) in [5.74, 6) is 0. The van der Waals surface area contributed by atoms with Crippen molar-refractivity contribution < 1.29 is 5.11 Å². The standard InChI is InChI=1S/C7H11N3O/c8-2-1-7(11)6-3-9-5-10-4-6/h3-5,7,11H,1-2,8H2/t7-/m1/s1. The number of aliphatic hydroxyl groups excluding tert-OH is 1. The molecule has 1 rings (SSSR count). The van der Waals surface area contributed by atoms with E-state index < -0.39 is 6.10 Å². The summed E-state index contributed by atoms with van der Waals surface area (Å²) in [5.41, 5.74) is 5.99. The normalized spacial score (nSPS) is 12.9. The van der Waals surface area contributed by atoms with Gasteiger partial charge >= 0.3 is 0 Å². The summed E-state index contributed by atoms with van der Waals surface area (Å²) in [6.07, 6.45) is 4.63. The second-order valence-corrected chi connectivity index (χ2v) is 2.26. The minimum Gasteiger partial charge on any atom is -0.388 e. The highest BCUT2D eigenvalue weighted by Crippen LogP contribution is 2.11. The SMILES string of the molecule is NCC[C@@H](O)c1cncnc1. The van der Waals surface area contributed by atoms with Crippen molar-refractivity contribution in [3.8, 4) is 0 Å². The van der Waals surface area contributed by atoms with Gasteiger partial charge in [-0.2, -0.15) is 0 Å². The molecule has 60 valence electrons. The molecular formula is C7H11N3O. The fraction of sp³-hybridized carbons (Fsp3) is 0.429. The molecular weight excluding hydrogens is 142 g/mol. The molecule has 0 aromatic carbocycles. The van der Waals surface area contributed by atoms with Crippen molar-refractivity contribution in [2.45, 2.75) is 12.5 Å². The molecule has 3 N–H and O–H groups in total. The molecule has 0 bridgehead atoms. The van der Waals surface area contributed by atoms with Crippen molar-refractivity contribution >= 4 is 0 Å². The van der Waals surface area contributed by atoms with Crippen molar-refractivity contribution in [1.29, 1.82) is 0 Å². The Morgan fingerprint density at radius 2 is 2.09 bits per heavy atom. The van der Waals surface area contributed by atoms with Gasteiger partial charge in [0.2, 0.25) is 0 Å². The largest absolute Gasteiger partial charge is 0.388 e. The average Bonchev–Trinajstić information content (AvgIpc) is 2.07. The van der Waals surface area contributed by atoms with Gasteiger partial charge in [0.15, 0.2) is 0 Å². The van der Waals surface area contributed by atoms with E-state index in [-0.39, 0.29) is 0 Å². The highest BCUT2D eigenvalue weighted by molar-refractivity contribution is 5.06. The molecule has 0 aliphatic heterocycles. The monoisotopic (exact) mass is 153 g/mol. The molecule has 0 saturated carbocycles. The second kappa shape index (κ2) is 4.00. The van der Waals surface area contributed by atoms with Gasteiger partial charge in [0.1, 0.15) is 6.33 Å². The van der Waals surface area contributed by atoms with E-state index in [1.807, 2.05) is 0 Å². The summed E-state index contributed by atoms with van der Waals surface area (Å²) in [7, 11) is 0. The van der Waals surface area contributed by atoms with E-state index in [0.29, 0.717) is 13.0 Å². The molecule has 1 aromatic heterocycles. The van der Waals surface area contributed by atoms with Crippen LogP contribution in [0, 0.1) is 0 Å². The van der Waals surface area contributed by atoms with Crippen LogP contribution in [0.5, 0.6) is 0 Å². The highest BCUT2D eigenvalue weighted by atomic mass is 16.3. The number of aromatic nitrogens is 2. The van der Waals surface area contributed by atoms with Gasteiger partial charge in [0.25, 0.3) is 0 Å². The molecule has 11 heavy (non-hydrogen) atoms. The molecule has 0 aliphatic rings. The van der Waals surface area contributed by atoms with E-state index in [9.17, 15) is 5.11 Å². The van der Waals surface area contributed by atoms with Crippen LogP contribution in [-0.2, 0) is 0 Å². The third-order valence-corrected chi connectivity index (χ3v) is 1.41. The van der Waals surface area contributed by atoms with Gasteiger partial charge in [-0.25, -0.2) is 9.97 Å². The minimum atomic E-state index is -0.527. The summed E-state index contributed by atoms with van der Waals surface area (Å²) in [6.45, 7) is 0.468. The van der Waals surface area contributed by atoms with Gasteiger partial charge in [-0.15, -0.1) is 0 Å². The molecule has 0 aliphatic carbocycles. The lowest BCUT2D eigenvalue weighted by molar-refractivity contribution is 0.169. The smallest absolute Gasteiger partial charge is 0.115 e. The molecule has 4 nitrogen and oxygen atoms in total. The Morgan fingerprint density at radius 1 is 1.45 bits per heavy atom. The molecule has 1 heterocycles. The second-order valence-electron chi connectivity index (χ2n) is 2.26. The predicted molar refractivity (Wildman–Crippen MR) is 40.7 cm³/mol. The Bertz CT molecular complexity index is 202. The Morgan fingerprint density at radius 3 is 2.64 bits per heavy atom. The van der Waals surface area contributed by atoms with E-state index >= 15 is 0 Å². The quantitative estimate of drug-likeness (QED) is 0.634. The lowest BCUT2D eigenvalue weighted by Crippen LogP contribution is -2.06. The fourth-order valence-corrected chi connectivity index (χ4v) is 0.807. The van der Waals surface area contributed by atoms with Gasteiger partial charge in [-0.3, -0.25) is 0 Å². The third kappa shape index (κ3) is 2.25. The maximum absolute atomic E-state index is 9.36.